The molecule has 2 aromatic carbocycles. The van der Waals surface area contributed by atoms with E-state index >= 15 is 0 Å². The number of rotatable bonds is 6. The molecule has 5 heteroatoms. The first kappa shape index (κ1) is 20.9. The van der Waals surface area contributed by atoms with Gasteiger partial charge in [-0.3, -0.25) is 0 Å². The third kappa shape index (κ3) is 5.58. The lowest BCUT2D eigenvalue weighted by atomic mass is 10.0. The lowest BCUT2D eigenvalue weighted by molar-refractivity contribution is -0.133. The zero-order valence-corrected chi connectivity index (χ0v) is 16.6. The van der Waals surface area contributed by atoms with Gasteiger partial charge in [0, 0.05) is 23.0 Å². The van der Waals surface area contributed by atoms with E-state index in [0.717, 1.165) is 41.4 Å². The molecular weight excluding hydrogens is 378 g/mol. The molecule has 1 heterocycles. The zero-order chi connectivity index (χ0) is 21.5. The van der Waals surface area contributed by atoms with Crippen molar-refractivity contribution in [2.45, 2.75) is 19.8 Å². The number of nitrogens with one attached hydrogen (secondary N) is 1. The Morgan fingerprint density at radius 3 is 1.97 bits per heavy atom. The van der Waals surface area contributed by atoms with E-state index in [1.807, 2.05) is 36.4 Å². The highest BCUT2D eigenvalue weighted by Gasteiger charge is 2.13. The SMILES string of the molecule is C/C(=C/C=C/c1ccc2c(c1)CCc1cc(/C=C/C=C\C(=O)O)ccc1N2)C(=O)O. The van der Waals surface area contributed by atoms with Gasteiger partial charge in [-0.2, -0.15) is 0 Å². The molecule has 3 rings (SSSR count). The maximum absolute atomic E-state index is 10.9. The Bertz CT molecular complexity index is 1090. The molecule has 1 aliphatic heterocycles. The summed E-state index contributed by atoms with van der Waals surface area (Å²) in [6.07, 6.45) is 13.2. The minimum Gasteiger partial charge on any atom is -0.478 e. The normalized spacial score (nSPS) is 13.8. The lowest BCUT2D eigenvalue weighted by Crippen LogP contribution is -1.94. The van der Waals surface area contributed by atoms with Crippen molar-refractivity contribution < 1.29 is 19.8 Å². The molecule has 3 N–H and O–H groups in total. The maximum atomic E-state index is 10.9. The zero-order valence-electron chi connectivity index (χ0n) is 16.6. The fourth-order valence-electron chi connectivity index (χ4n) is 3.19. The van der Waals surface area contributed by atoms with Crippen LogP contribution in [-0.2, 0) is 22.4 Å². The summed E-state index contributed by atoms with van der Waals surface area (Å²) in [5, 5.41) is 21.1. The number of carbonyl (C=O) groups is 2. The second-order valence-electron chi connectivity index (χ2n) is 7.03. The number of allylic oxidation sites excluding steroid dienone is 4. The summed E-state index contributed by atoms with van der Waals surface area (Å²) >= 11 is 0. The maximum Gasteiger partial charge on any atom is 0.331 e. The highest BCUT2D eigenvalue weighted by Crippen LogP contribution is 2.31. The molecule has 1 aliphatic rings. The first-order valence-corrected chi connectivity index (χ1v) is 9.61. The average molecular weight is 401 g/mol. The van der Waals surface area contributed by atoms with Crippen molar-refractivity contribution >= 4 is 35.5 Å². The molecule has 30 heavy (non-hydrogen) atoms. The molecule has 152 valence electrons. The van der Waals surface area contributed by atoms with Crippen LogP contribution in [0, 0.1) is 0 Å². The minimum atomic E-state index is -0.967. The van der Waals surface area contributed by atoms with Crippen molar-refractivity contribution in [2.75, 3.05) is 5.32 Å². The van der Waals surface area contributed by atoms with Gasteiger partial charge in [0.05, 0.1) is 0 Å². The quantitative estimate of drug-likeness (QED) is 0.456. The predicted octanol–water partition coefficient (Wildman–Crippen LogP) is 5.23. The van der Waals surface area contributed by atoms with E-state index in [2.05, 4.69) is 17.4 Å². The van der Waals surface area contributed by atoms with Crippen LogP contribution in [0.1, 0.15) is 29.2 Å². The highest BCUT2D eigenvalue weighted by molar-refractivity contribution is 5.86. The molecule has 0 unspecified atom stereocenters. The Labute approximate surface area is 175 Å². The number of fused-ring (bicyclic) bond motifs is 2. The van der Waals surface area contributed by atoms with Crippen LogP contribution in [0.4, 0.5) is 11.4 Å². The van der Waals surface area contributed by atoms with Gasteiger partial charge in [0.15, 0.2) is 0 Å². The van der Waals surface area contributed by atoms with E-state index in [4.69, 9.17) is 10.2 Å². The van der Waals surface area contributed by atoms with Gasteiger partial charge in [-0.05, 0) is 66.3 Å². The highest BCUT2D eigenvalue weighted by atomic mass is 16.4. The van der Waals surface area contributed by atoms with Gasteiger partial charge in [0.25, 0.3) is 0 Å². The molecule has 0 radical (unpaired) electrons. The Kier molecular flexibility index (Phi) is 6.65. The number of aryl methyl sites for hydroxylation is 2. The number of aliphatic carboxylic acids is 2. The number of carboxylic acids is 2. The Balaban J connectivity index is 1.76. The smallest absolute Gasteiger partial charge is 0.331 e. The molecule has 0 bridgehead atoms. The topological polar surface area (TPSA) is 86.6 Å². The molecule has 0 fully saturated rings. The molecule has 0 saturated carbocycles. The summed E-state index contributed by atoms with van der Waals surface area (Å²) in [6, 6.07) is 12.3. The van der Waals surface area contributed by atoms with Crippen molar-refractivity contribution in [1.82, 2.24) is 0 Å². The van der Waals surface area contributed by atoms with E-state index in [0.29, 0.717) is 5.57 Å². The molecule has 0 atom stereocenters. The van der Waals surface area contributed by atoms with E-state index in [9.17, 15) is 9.59 Å². The van der Waals surface area contributed by atoms with Crippen molar-refractivity contribution in [3.05, 3.63) is 94.6 Å². The van der Waals surface area contributed by atoms with Crippen LogP contribution in [-0.4, -0.2) is 22.2 Å². The molecule has 0 spiro atoms. The van der Waals surface area contributed by atoms with Crippen LogP contribution in [0.25, 0.3) is 12.2 Å². The third-order valence-corrected chi connectivity index (χ3v) is 4.80. The third-order valence-electron chi connectivity index (χ3n) is 4.80. The van der Waals surface area contributed by atoms with Gasteiger partial charge in [-0.1, -0.05) is 48.6 Å². The largest absolute Gasteiger partial charge is 0.478 e. The van der Waals surface area contributed by atoms with Crippen molar-refractivity contribution in [3.8, 4) is 0 Å². The molecule has 5 nitrogen and oxygen atoms in total. The summed E-state index contributed by atoms with van der Waals surface area (Å²) in [6.45, 7) is 1.57. The Hall–Kier alpha value is -3.86. The fraction of sp³-hybridized carbons (Fsp3) is 0.120. The van der Waals surface area contributed by atoms with Crippen LogP contribution < -0.4 is 5.32 Å². The summed E-state index contributed by atoms with van der Waals surface area (Å²) in [5.74, 6) is -1.89. The standard InChI is InChI=1S/C25H23NO4/c1-17(25(29)30)5-4-7-19-10-14-23-21(16-19)12-11-20-15-18(9-13-22(20)26-23)6-2-3-8-24(27)28/h2-10,13-16,26H,11-12H2,1H3,(H,27,28)(H,29,30)/b6-2+,7-4+,8-3-,17-5-. The minimum absolute atomic E-state index is 0.293. The van der Waals surface area contributed by atoms with Gasteiger partial charge in [0.2, 0.25) is 0 Å². The second-order valence-corrected chi connectivity index (χ2v) is 7.03. The van der Waals surface area contributed by atoms with E-state index < -0.39 is 11.9 Å². The van der Waals surface area contributed by atoms with Gasteiger partial charge in [-0.15, -0.1) is 0 Å². The molecule has 2 aromatic rings. The Morgan fingerprint density at radius 1 is 0.867 bits per heavy atom. The fourth-order valence-corrected chi connectivity index (χ4v) is 3.19. The number of benzene rings is 2. The first-order chi connectivity index (χ1) is 14.4. The van der Waals surface area contributed by atoms with E-state index in [-0.39, 0.29) is 0 Å². The van der Waals surface area contributed by atoms with Gasteiger partial charge < -0.3 is 15.5 Å². The summed E-state index contributed by atoms with van der Waals surface area (Å²) in [4.78, 5) is 21.4. The molecule has 0 saturated heterocycles. The summed E-state index contributed by atoms with van der Waals surface area (Å²) in [7, 11) is 0. The first-order valence-electron chi connectivity index (χ1n) is 9.61. The van der Waals surface area contributed by atoms with Gasteiger partial charge in [0.1, 0.15) is 0 Å². The van der Waals surface area contributed by atoms with Crippen LogP contribution in [0.5, 0.6) is 0 Å². The van der Waals surface area contributed by atoms with Crippen molar-refractivity contribution in [3.63, 3.8) is 0 Å². The molecule has 0 aromatic heterocycles. The summed E-state index contributed by atoms with van der Waals surface area (Å²) < 4.78 is 0. The molecule has 0 amide bonds. The van der Waals surface area contributed by atoms with Gasteiger partial charge in [-0.25, -0.2) is 9.59 Å². The number of anilines is 2. The van der Waals surface area contributed by atoms with Crippen LogP contribution >= 0.6 is 0 Å². The number of hydrogen-bond acceptors (Lipinski definition) is 3. The van der Waals surface area contributed by atoms with Crippen molar-refractivity contribution in [2.24, 2.45) is 0 Å². The number of hydrogen-bond donors (Lipinski definition) is 3. The van der Waals surface area contributed by atoms with Gasteiger partial charge >= 0.3 is 11.9 Å². The van der Waals surface area contributed by atoms with Crippen LogP contribution in [0.3, 0.4) is 0 Å². The monoisotopic (exact) mass is 401 g/mol. The summed E-state index contributed by atoms with van der Waals surface area (Å²) in [5.41, 5.74) is 6.86. The number of carboxylic acid groups (broad SMARTS) is 2. The lowest BCUT2D eigenvalue weighted by Gasteiger charge is -2.11. The van der Waals surface area contributed by atoms with Crippen LogP contribution in [0.2, 0.25) is 0 Å². The van der Waals surface area contributed by atoms with E-state index in [1.165, 1.54) is 17.2 Å². The van der Waals surface area contributed by atoms with Crippen molar-refractivity contribution in [1.29, 1.82) is 0 Å². The average Bonchev–Trinajstić information content (AvgIpc) is 2.89. The Morgan fingerprint density at radius 2 is 1.43 bits per heavy atom. The second kappa shape index (κ2) is 9.56. The van der Waals surface area contributed by atoms with Crippen LogP contribution in [0.15, 0.2) is 72.4 Å². The predicted molar refractivity (Wildman–Crippen MR) is 120 cm³/mol. The van der Waals surface area contributed by atoms with E-state index in [1.54, 1.807) is 25.2 Å². The molecular formula is C25H23NO4. The molecule has 0 aliphatic carbocycles.